The van der Waals surface area contributed by atoms with E-state index in [1.807, 2.05) is 24.3 Å². The van der Waals surface area contributed by atoms with Crippen molar-refractivity contribution in [3.05, 3.63) is 76.9 Å². The minimum absolute atomic E-state index is 0.0994. The van der Waals surface area contributed by atoms with Crippen LogP contribution in [0.25, 0.3) is 0 Å². The molecule has 2 aromatic rings. The van der Waals surface area contributed by atoms with Crippen LogP contribution in [-0.2, 0) is 0 Å². The van der Waals surface area contributed by atoms with Gasteiger partial charge in [0.05, 0.1) is 17.9 Å². The van der Waals surface area contributed by atoms with Crippen molar-refractivity contribution in [2.24, 2.45) is 0 Å². The summed E-state index contributed by atoms with van der Waals surface area (Å²) in [5.74, 6) is 0.0504. The number of aliphatic hydroxyl groups is 1. The van der Waals surface area contributed by atoms with E-state index >= 15 is 0 Å². The van der Waals surface area contributed by atoms with Gasteiger partial charge in [0.2, 0.25) is 17.6 Å². The molecule has 2 aliphatic carbocycles. The molecule has 6 heteroatoms. The molecular weight excluding hydrogens is 356 g/mol. The van der Waals surface area contributed by atoms with E-state index in [1.54, 1.807) is 30.3 Å². The fourth-order valence-electron chi connectivity index (χ4n) is 3.84. The summed E-state index contributed by atoms with van der Waals surface area (Å²) >= 11 is 0. The van der Waals surface area contributed by atoms with Gasteiger partial charge in [-0.15, -0.1) is 0 Å². The highest BCUT2D eigenvalue weighted by Gasteiger charge is 2.40. The molecule has 1 aliphatic heterocycles. The Hall–Kier alpha value is -3.51. The average Bonchev–Trinajstić information content (AvgIpc) is 2.73. The summed E-state index contributed by atoms with van der Waals surface area (Å²) < 4.78 is 6.09. The number of aliphatic hydroxyl groups excluding tert-OH is 1. The maximum atomic E-state index is 13.3. The first-order chi connectivity index (χ1) is 13.7. The van der Waals surface area contributed by atoms with Gasteiger partial charge in [-0.1, -0.05) is 36.4 Å². The number of carbonyl (C=O) groups is 2. The first kappa shape index (κ1) is 16.6. The normalized spacial score (nSPS) is 18.5. The fraction of sp³-hybridized carbons (Fsp3) is 0.136. The van der Waals surface area contributed by atoms with Crippen molar-refractivity contribution >= 4 is 28.7 Å². The Morgan fingerprint density at radius 3 is 2.57 bits per heavy atom. The van der Waals surface area contributed by atoms with Crippen molar-refractivity contribution in [3.8, 4) is 5.75 Å². The van der Waals surface area contributed by atoms with E-state index in [0.29, 0.717) is 39.4 Å². The Kier molecular flexibility index (Phi) is 3.74. The summed E-state index contributed by atoms with van der Waals surface area (Å²) in [4.78, 5) is 29.9. The monoisotopic (exact) mass is 373 g/mol. The summed E-state index contributed by atoms with van der Waals surface area (Å²) in [7, 11) is 0. The topological polar surface area (TPSA) is 89.6 Å². The van der Waals surface area contributed by atoms with Gasteiger partial charge in [-0.05, 0) is 6.08 Å². The van der Waals surface area contributed by atoms with Crippen molar-refractivity contribution in [3.63, 3.8) is 0 Å². The number of allylic oxidation sites excluding steroid dienone is 2. The lowest BCUT2D eigenvalue weighted by Gasteiger charge is -2.25. The number of fused-ring (bicyclic) bond motifs is 5. The fourth-order valence-corrected chi connectivity index (χ4v) is 3.84. The number of ether oxygens (including phenoxy) is 1. The Balaban J connectivity index is 1.78. The number of hydrogen-bond donors (Lipinski definition) is 3. The number of ketones is 2. The number of nitrogens with one attached hydrogen (secondary N) is 2. The molecule has 0 radical (unpaired) electrons. The predicted octanol–water partition coefficient (Wildman–Crippen LogP) is 0.906. The molecule has 138 valence electrons. The van der Waals surface area contributed by atoms with Crippen LogP contribution < -0.4 is 15.0 Å². The van der Waals surface area contributed by atoms with Crippen LogP contribution in [0.3, 0.4) is 0 Å². The minimum Gasteiger partial charge on any atom is -0.468 e. The maximum Gasteiger partial charge on any atom is 0.258 e. The van der Waals surface area contributed by atoms with Gasteiger partial charge >= 0.3 is 0 Å². The molecule has 1 unspecified atom stereocenters. The second-order valence-electron chi connectivity index (χ2n) is 6.76. The van der Waals surface area contributed by atoms with Crippen molar-refractivity contribution in [1.29, 1.82) is 0 Å². The molecule has 28 heavy (non-hydrogen) atoms. The van der Waals surface area contributed by atoms with Gasteiger partial charge in [-0.2, -0.15) is 0 Å². The number of carbonyl (C=O) groups excluding carboxylic acids is 2. The quantitative estimate of drug-likeness (QED) is 0.635. The second kappa shape index (κ2) is 6.28. The highest BCUT2D eigenvalue weighted by atomic mass is 16.5. The zero-order valence-corrected chi connectivity index (χ0v) is 14.9. The maximum absolute atomic E-state index is 13.3. The van der Waals surface area contributed by atoms with Gasteiger partial charge in [-0.3, -0.25) is 9.59 Å². The smallest absolute Gasteiger partial charge is 0.258 e. The van der Waals surface area contributed by atoms with Crippen molar-refractivity contribution in [1.82, 2.24) is 0 Å². The molecule has 0 fully saturated rings. The molecule has 0 aromatic heterocycles. The Morgan fingerprint density at radius 1 is 1.07 bits per heavy atom. The van der Waals surface area contributed by atoms with Gasteiger partial charge in [0.15, 0.2) is 11.5 Å². The number of rotatable bonds is 3. The van der Waals surface area contributed by atoms with Gasteiger partial charge in [0, 0.05) is 29.8 Å². The first-order valence-electron chi connectivity index (χ1n) is 9.08. The summed E-state index contributed by atoms with van der Waals surface area (Å²) in [6, 6.07) is 8.55. The molecule has 0 amide bonds. The average molecular weight is 373 g/mol. The van der Waals surface area contributed by atoms with Crippen LogP contribution in [0.5, 0.6) is 5.75 Å². The molecule has 0 spiro atoms. The van der Waals surface area contributed by atoms with E-state index < -0.39 is 0 Å². The number of hydrogen-bond acceptors (Lipinski definition) is 5. The third kappa shape index (κ3) is 2.35. The standard InChI is InChI=1S/C22H16N2O4/c25-10-9-23-15-11-17-20(24-14-7-3-4-8-16(14)28-17)19-18(15)21(26)12-5-1-2-6-13(12)22(19)27/h1-8,11,16,23,25H,9-10H2/p+1. The van der Waals surface area contributed by atoms with Crippen LogP contribution in [0.4, 0.5) is 11.4 Å². The molecule has 1 atom stereocenters. The first-order valence-corrected chi connectivity index (χ1v) is 9.08. The van der Waals surface area contributed by atoms with Gasteiger partial charge < -0.3 is 15.2 Å². The largest absolute Gasteiger partial charge is 0.468 e. The van der Waals surface area contributed by atoms with Gasteiger partial charge in [-0.25, -0.2) is 4.99 Å². The molecule has 3 N–H and O–H groups in total. The Labute approximate surface area is 160 Å². The third-order valence-electron chi connectivity index (χ3n) is 5.09. The predicted molar refractivity (Wildman–Crippen MR) is 104 cm³/mol. The lowest BCUT2D eigenvalue weighted by atomic mass is 9.81. The molecule has 6 nitrogen and oxygen atoms in total. The SMILES string of the molecule is O=C1c2ccccc2C(=O)c2c3c(cc(NCCO)c21)OC1C=CC=CC1=[NH+]3. The highest BCUT2D eigenvalue weighted by Crippen LogP contribution is 2.41. The molecule has 0 bridgehead atoms. The summed E-state index contributed by atoms with van der Waals surface area (Å²) in [5, 5.41) is 12.3. The second-order valence-corrected chi connectivity index (χ2v) is 6.76. The molecular formula is C22H17N2O4+. The van der Waals surface area contributed by atoms with Crippen LogP contribution >= 0.6 is 0 Å². The van der Waals surface area contributed by atoms with E-state index in [-0.39, 0.29) is 30.8 Å². The lowest BCUT2D eigenvalue weighted by Crippen LogP contribution is -2.72. The van der Waals surface area contributed by atoms with Crippen LogP contribution in [0.1, 0.15) is 31.8 Å². The summed E-state index contributed by atoms with van der Waals surface area (Å²) in [5.41, 5.74) is 3.17. The van der Waals surface area contributed by atoms with E-state index in [1.165, 1.54) is 0 Å². The van der Waals surface area contributed by atoms with E-state index in [4.69, 9.17) is 4.74 Å². The molecule has 0 saturated carbocycles. The zero-order valence-electron chi connectivity index (χ0n) is 14.9. The van der Waals surface area contributed by atoms with Crippen molar-refractivity contribution in [2.45, 2.75) is 6.10 Å². The summed E-state index contributed by atoms with van der Waals surface area (Å²) in [6.07, 6.45) is 7.31. The van der Waals surface area contributed by atoms with E-state index in [9.17, 15) is 14.7 Å². The zero-order chi connectivity index (χ0) is 19.3. The Bertz CT molecular complexity index is 1130. The molecule has 2 aromatic carbocycles. The lowest BCUT2D eigenvalue weighted by molar-refractivity contribution is -0.362. The molecule has 0 saturated heterocycles. The van der Waals surface area contributed by atoms with Gasteiger partial charge in [0.1, 0.15) is 5.56 Å². The third-order valence-corrected chi connectivity index (χ3v) is 5.09. The number of anilines is 1. The van der Waals surface area contributed by atoms with E-state index in [2.05, 4.69) is 10.3 Å². The highest BCUT2D eigenvalue weighted by molar-refractivity contribution is 6.32. The van der Waals surface area contributed by atoms with Crippen LogP contribution in [0.2, 0.25) is 0 Å². The van der Waals surface area contributed by atoms with Crippen LogP contribution in [0.15, 0.2) is 54.6 Å². The van der Waals surface area contributed by atoms with E-state index in [0.717, 1.165) is 5.71 Å². The Morgan fingerprint density at radius 2 is 1.82 bits per heavy atom. The van der Waals surface area contributed by atoms with Crippen molar-refractivity contribution in [2.75, 3.05) is 18.5 Å². The van der Waals surface area contributed by atoms with Crippen molar-refractivity contribution < 1.29 is 24.4 Å². The number of benzene rings is 2. The summed E-state index contributed by atoms with van der Waals surface area (Å²) in [6.45, 7) is 0.156. The molecule has 3 aliphatic rings. The minimum atomic E-state index is -0.275. The molecule has 1 heterocycles. The van der Waals surface area contributed by atoms with Crippen LogP contribution in [-0.4, -0.2) is 41.6 Å². The van der Waals surface area contributed by atoms with Crippen LogP contribution in [0, 0.1) is 0 Å². The van der Waals surface area contributed by atoms with Gasteiger partial charge in [0.25, 0.3) is 5.69 Å². The molecule has 5 rings (SSSR count).